The van der Waals surface area contributed by atoms with Gasteiger partial charge in [-0.1, -0.05) is 115 Å². The number of nitrogens with zero attached hydrogens (tertiary/aromatic N) is 10. The topological polar surface area (TPSA) is 138 Å². The van der Waals surface area contributed by atoms with Crippen molar-refractivity contribution in [2.75, 3.05) is 72.0 Å². The summed E-state index contributed by atoms with van der Waals surface area (Å²) in [7, 11) is 0. The maximum atomic E-state index is 6.37. The van der Waals surface area contributed by atoms with E-state index in [1.807, 2.05) is 49.3 Å². The zero-order valence-corrected chi connectivity index (χ0v) is 60.4. The third-order valence-corrected chi connectivity index (χ3v) is 22.8. The summed E-state index contributed by atoms with van der Waals surface area (Å²) in [5, 5.41) is 2.52. The Balaban J connectivity index is 0.000000133. The van der Waals surface area contributed by atoms with Gasteiger partial charge in [-0.25, -0.2) is 15.0 Å². The SMILES string of the molecule is Clc1ccc2c(c1)CCc1cccnc1C2=C1CCN(CCCCCCc2cnc[nH]2)CC1.Clc1ccc2c(c1)CCc1cccnc1C2C1CCN(CCCCCCc2cnc[nH]2)CC1.Clc1ccc2c(c1)CCc1cccnc1C2N1CCN(CCCCCCc2cnc[nH]2)CC1. The first-order chi connectivity index (χ1) is 48.8. The number of benzene rings is 3. The fraction of sp³-hybridized carbons (Fsp3) is 0.470. The van der Waals surface area contributed by atoms with E-state index in [0.29, 0.717) is 11.8 Å². The van der Waals surface area contributed by atoms with Gasteiger partial charge in [-0.15, -0.1) is 0 Å². The van der Waals surface area contributed by atoms with Gasteiger partial charge in [0.1, 0.15) is 0 Å². The van der Waals surface area contributed by atoms with E-state index in [1.54, 1.807) is 24.6 Å². The summed E-state index contributed by atoms with van der Waals surface area (Å²) in [6, 6.07) is 32.7. The largest absolute Gasteiger partial charge is 0.348 e. The highest BCUT2D eigenvalue weighted by atomic mass is 35.5. The lowest BCUT2D eigenvalue weighted by molar-refractivity contribution is 0.106. The van der Waals surface area contributed by atoms with Crippen molar-refractivity contribution in [2.45, 2.75) is 172 Å². The third kappa shape index (κ3) is 19.2. The van der Waals surface area contributed by atoms with Crippen LogP contribution in [-0.4, -0.2) is 136 Å². The molecule has 3 saturated heterocycles. The second-order valence-corrected chi connectivity index (χ2v) is 29.9. The van der Waals surface area contributed by atoms with Crippen LogP contribution in [0.2, 0.25) is 15.1 Å². The van der Waals surface area contributed by atoms with Crippen molar-refractivity contribution < 1.29 is 0 Å². The van der Waals surface area contributed by atoms with Crippen LogP contribution in [0.15, 0.2) is 153 Å². The number of rotatable bonds is 23. The van der Waals surface area contributed by atoms with Crippen LogP contribution in [0.25, 0.3) is 5.57 Å². The number of nitrogens with one attached hydrogen (secondary N) is 3. The van der Waals surface area contributed by atoms with Crippen LogP contribution in [-0.2, 0) is 57.8 Å². The number of imidazole rings is 3. The molecule has 6 aliphatic rings. The summed E-state index contributed by atoms with van der Waals surface area (Å²) < 4.78 is 0. The minimum atomic E-state index is 0.237. The Morgan fingerprint density at radius 2 is 0.838 bits per heavy atom. The van der Waals surface area contributed by atoms with E-state index in [0.717, 1.165) is 125 Å². The van der Waals surface area contributed by atoms with E-state index in [9.17, 15) is 0 Å². The number of H-pyrrole nitrogens is 3. The highest BCUT2D eigenvalue weighted by Gasteiger charge is 2.35. The maximum absolute atomic E-state index is 6.37. The Kier molecular flexibility index (Phi) is 25.8. The minimum absolute atomic E-state index is 0.237. The molecule has 6 aromatic heterocycles. The Hall–Kier alpha value is -6.81. The van der Waals surface area contributed by atoms with Gasteiger partial charge in [0.25, 0.3) is 0 Å². The van der Waals surface area contributed by atoms with Crippen LogP contribution in [0.5, 0.6) is 0 Å². The summed E-state index contributed by atoms with van der Waals surface area (Å²) >= 11 is 19.1. The van der Waals surface area contributed by atoms with E-state index in [-0.39, 0.29) is 6.04 Å². The molecule has 99 heavy (non-hydrogen) atoms. The first kappa shape index (κ1) is 70.6. The Bertz CT molecular complexity index is 3790. The molecule has 0 amide bonds. The number of likely N-dealkylation sites (tertiary alicyclic amines) is 2. The number of unbranched alkanes of at least 4 members (excludes halogenated alkanes) is 9. The van der Waals surface area contributed by atoms with E-state index in [2.05, 4.69) is 128 Å². The second kappa shape index (κ2) is 36.2. The van der Waals surface area contributed by atoms with Crippen molar-refractivity contribution in [3.05, 3.63) is 252 Å². The van der Waals surface area contributed by atoms with Gasteiger partial charge in [-0.2, -0.15) is 0 Å². The fourth-order valence-electron chi connectivity index (χ4n) is 16.6. The van der Waals surface area contributed by atoms with Crippen molar-refractivity contribution in [3.63, 3.8) is 0 Å². The molecule has 0 saturated carbocycles. The lowest BCUT2D eigenvalue weighted by Gasteiger charge is -2.39. The molecule has 9 heterocycles. The number of aromatic nitrogens is 9. The van der Waals surface area contributed by atoms with Gasteiger partial charge >= 0.3 is 0 Å². The molecule has 3 fully saturated rings. The van der Waals surface area contributed by atoms with Gasteiger partial charge in [-0.05, 0) is 265 Å². The van der Waals surface area contributed by atoms with Crippen LogP contribution < -0.4 is 0 Å². The van der Waals surface area contributed by atoms with Gasteiger partial charge in [0.2, 0.25) is 0 Å². The highest BCUT2D eigenvalue weighted by molar-refractivity contribution is 6.31. The summed E-state index contributed by atoms with van der Waals surface area (Å²) in [6.45, 7) is 12.8. The van der Waals surface area contributed by atoms with Crippen LogP contribution >= 0.6 is 34.8 Å². The van der Waals surface area contributed by atoms with E-state index < -0.39 is 0 Å². The first-order valence-electron chi connectivity index (χ1n) is 37.6. The second-order valence-electron chi connectivity index (χ2n) is 28.6. The van der Waals surface area contributed by atoms with Gasteiger partial charge in [0.05, 0.1) is 42.1 Å². The molecule has 2 atom stereocenters. The van der Waals surface area contributed by atoms with Crippen molar-refractivity contribution >= 4 is 40.4 Å². The summed E-state index contributed by atoms with van der Waals surface area (Å²) in [6.07, 6.45) is 46.8. The number of hydrogen-bond acceptors (Lipinski definition) is 10. The van der Waals surface area contributed by atoms with E-state index >= 15 is 0 Å². The zero-order valence-electron chi connectivity index (χ0n) is 58.2. The van der Waals surface area contributed by atoms with Crippen LogP contribution in [0.4, 0.5) is 0 Å². The van der Waals surface area contributed by atoms with Crippen molar-refractivity contribution in [2.24, 2.45) is 5.92 Å². The molecule has 15 rings (SSSR count). The van der Waals surface area contributed by atoms with Crippen molar-refractivity contribution in [1.29, 1.82) is 0 Å². The zero-order chi connectivity index (χ0) is 67.4. The average Bonchev–Trinajstić information content (AvgIpc) is 1.74. The number of pyridine rings is 3. The van der Waals surface area contributed by atoms with Crippen LogP contribution in [0, 0.1) is 5.92 Å². The molecule has 520 valence electrons. The van der Waals surface area contributed by atoms with Gasteiger partial charge in [0, 0.05) is 120 Å². The molecular weight excluding hydrogens is 1290 g/mol. The lowest BCUT2D eigenvalue weighted by Crippen LogP contribution is -2.48. The number of aromatic amines is 3. The molecule has 9 aromatic rings. The monoisotopic (exact) mass is 1390 g/mol. The average molecular weight is 1390 g/mol. The Morgan fingerprint density at radius 1 is 0.394 bits per heavy atom. The fourth-order valence-corrected chi connectivity index (χ4v) is 17.2. The predicted molar refractivity (Wildman–Crippen MR) is 404 cm³/mol. The Morgan fingerprint density at radius 3 is 1.40 bits per heavy atom. The summed E-state index contributed by atoms with van der Waals surface area (Å²) in [5.41, 5.74) is 23.0. The van der Waals surface area contributed by atoms with E-state index in [4.69, 9.17) is 49.8 Å². The molecule has 3 N–H and O–H groups in total. The molecule has 0 radical (unpaired) electrons. The first-order valence-corrected chi connectivity index (χ1v) is 38.7. The molecule has 3 aliphatic heterocycles. The quantitative estimate of drug-likeness (QED) is 0.0531. The highest BCUT2D eigenvalue weighted by Crippen LogP contribution is 2.44. The number of hydrogen-bond donors (Lipinski definition) is 3. The molecule has 16 heteroatoms. The predicted octanol–water partition coefficient (Wildman–Crippen LogP) is 17.5. The van der Waals surface area contributed by atoms with Crippen LogP contribution in [0.3, 0.4) is 0 Å². The molecule has 3 aromatic carbocycles. The number of aryl methyl sites for hydroxylation is 9. The number of fused-ring (bicyclic) bond motifs is 6. The standard InChI is InChI=1S/C28H35ClN4.C28H33ClN4.C27H34ClN5/c2*29-24-10-11-26-23(18-24)9-8-22-6-5-14-31-28(22)27(26)21-12-16-33(17-13-21)15-4-2-1-3-7-25-19-30-20-32-25;28-23-10-11-25-22(18-23)9-8-21-6-5-12-30-26(21)27(25)33-16-14-32(15-17-33)13-4-2-1-3-7-24-19-29-20-31-24/h5-6,10-11,14,18-21,27H,1-4,7-9,12-13,15-17H2,(H,30,32);5-6,10-11,14,18-20H,1-4,7-9,12-13,15-17H2,(H,30,32);5-6,10-12,18-20,27H,1-4,7-9,13-17H2,(H,29,31). The number of halogens is 3. The smallest absolute Gasteiger partial charge is 0.0921 e. The number of piperidine rings is 2. The van der Waals surface area contributed by atoms with Crippen molar-refractivity contribution in [1.82, 2.24) is 64.5 Å². The summed E-state index contributed by atoms with van der Waals surface area (Å²) in [4.78, 5) is 47.2. The van der Waals surface area contributed by atoms with Crippen molar-refractivity contribution in [3.8, 4) is 0 Å². The molecule has 2 unspecified atom stereocenters. The molecule has 3 aliphatic carbocycles. The Labute approximate surface area is 603 Å². The van der Waals surface area contributed by atoms with Gasteiger partial charge < -0.3 is 29.7 Å². The van der Waals surface area contributed by atoms with Crippen LogP contribution in [0.1, 0.15) is 199 Å². The van der Waals surface area contributed by atoms with E-state index in [1.165, 1.54) is 212 Å². The minimum Gasteiger partial charge on any atom is -0.348 e. The molecule has 13 nitrogen and oxygen atoms in total. The lowest BCUT2D eigenvalue weighted by atomic mass is 9.76. The molecule has 0 spiro atoms. The normalized spacial score (nSPS) is 18.2. The molecular formula is C83H102Cl3N13. The maximum Gasteiger partial charge on any atom is 0.0921 e. The third-order valence-electron chi connectivity index (χ3n) is 22.1. The molecule has 0 bridgehead atoms. The number of piperazine rings is 1. The van der Waals surface area contributed by atoms with Gasteiger partial charge in [0.15, 0.2) is 0 Å². The van der Waals surface area contributed by atoms with Gasteiger partial charge in [-0.3, -0.25) is 19.9 Å². The summed E-state index contributed by atoms with van der Waals surface area (Å²) in [5.74, 6) is 1.06.